The Labute approximate surface area is 160 Å². The van der Waals surface area contributed by atoms with Gasteiger partial charge in [0, 0.05) is 18.7 Å². The van der Waals surface area contributed by atoms with Crippen LogP contribution in [0.1, 0.15) is 35.2 Å². The van der Waals surface area contributed by atoms with E-state index >= 15 is 0 Å². The molecule has 0 aliphatic carbocycles. The lowest BCUT2D eigenvalue weighted by atomic mass is 10.1. The fraction of sp³-hybridized carbons (Fsp3) is 0.350. The molecule has 1 heterocycles. The smallest absolute Gasteiger partial charge is 0.262 e. The average Bonchev–Trinajstić information content (AvgIpc) is 2.68. The minimum atomic E-state index is -3.86. The molecule has 0 aromatic heterocycles. The maximum Gasteiger partial charge on any atom is 0.262 e. The van der Waals surface area contributed by atoms with Crippen LogP contribution in [0.4, 0.5) is 5.69 Å². The molecule has 0 atom stereocenters. The molecule has 2 aromatic carbocycles. The van der Waals surface area contributed by atoms with Gasteiger partial charge < -0.3 is 9.64 Å². The average molecular weight is 388 g/mol. The zero-order valence-electron chi connectivity index (χ0n) is 15.6. The van der Waals surface area contributed by atoms with Crippen LogP contribution in [-0.2, 0) is 10.0 Å². The summed E-state index contributed by atoms with van der Waals surface area (Å²) in [5.74, 6) is 0.308. The van der Waals surface area contributed by atoms with Crippen LogP contribution >= 0.6 is 0 Å². The fourth-order valence-corrected chi connectivity index (χ4v) is 4.57. The Morgan fingerprint density at radius 3 is 2.48 bits per heavy atom. The number of anilines is 1. The lowest BCUT2D eigenvalue weighted by Crippen LogP contribution is -2.35. The number of nitrogens with one attached hydrogen (secondary N) is 1. The van der Waals surface area contributed by atoms with Crippen molar-refractivity contribution >= 4 is 21.6 Å². The number of piperidine rings is 1. The highest BCUT2D eigenvalue weighted by Crippen LogP contribution is 2.28. The minimum absolute atomic E-state index is 0.0938. The number of carbonyl (C=O) groups excluding carboxylic acids is 1. The fourth-order valence-electron chi connectivity index (χ4n) is 3.23. The second-order valence-corrected chi connectivity index (χ2v) is 8.29. The van der Waals surface area contributed by atoms with Crippen LogP contribution in [0.3, 0.4) is 0 Å². The van der Waals surface area contributed by atoms with Crippen LogP contribution in [0, 0.1) is 6.92 Å². The van der Waals surface area contributed by atoms with Gasteiger partial charge in [0.15, 0.2) is 0 Å². The van der Waals surface area contributed by atoms with Crippen LogP contribution < -0.4 is 9.46 Å². The quantitative estimate of drug-likeness (QED) is 0.851. The second-order valence-electron chi connectivity index (χ2n) is 6.64. The van der Waals surface area contributed by atoms with Crippen molar-refractivity contribution in [2.75, 3.05) is 24.9 Å². The molecular formula is C20H24N2O4S. The molecule has 7 heteroatoms. The number of rotatable bonds is 5. The zero-order chi connectivity index (χ0) is 19.4. The maximum atomic E-state index is 13.0. The predicted octanol–water partition coefficient (Wildman–Crippen LogP) is 3.43. The van der Waals surface area contributed by atoms with E-state index in [9.17, 15) is 13.2 Å². The van der Waals surface area contributed by atoms with Gasteiger partial charge in [0.25, 0.3) is 15.9 Å². The number of benzene rings is 2. The third-order valence-electron chi connectivity index (χ3n) is 4.72. The molecule has 0 bridgehead atoms. The summed E-state index contributed by atoms with van der Waals surface area (Å²) in [6.07, 6.45) is 3.09. The van der Waals surface area contributed by atoms with Crippen LogP contribution in [-0.4, -0.2) is 39.4 Å². The number of carbonyl (C=O) groups is 1. The Morgan fingerprint density at radius 1 is 1.07 bits per heavy atom. The lowest BCUT2D eigenvalue weighted by Gasteiger charge is -2.27. The van der Waals surface area contributed by atoms with Crippen molar-refractivity contribution in [3.8, 4) is 5.75 Å². The molecule has 1 aliphatic rings. The van der Waals surface area contributed by atoms with Crippen LogP contribution in [0.2, 0.25) is 0 Å². The van der Waals surface area contributed by atoms with Crippen molar-refractivity contribution in [1.29, 1.82) is 0 Å². The summed E-state index contributed by atoms with van der Waals surface area (Å²) in [5.41, 5.74) is 1.32. The predicted molar refractivity (Wildman–Crippen MR) is 105 cm³/mol. The van der Waals surface area contributed by atoms with Gasteiger partial charge in [-0.25, -0.2) is 8.42 Å². The number of methoxy groups -OCH3 is 1. The summed E-state index contributed by atoms with van der Waals surface area (Å²) >= 11 is 0. The first-order valence-electron chi connectivity index (χ1n) is 8.98. The van der Waals surface area contributed by atoms with E-state index in [0.29, 0.717) is 35.7 Å². The van der Waals surface area contributed by atoms with Crippen molar-refractivity contribution in [3.63, 3.8) is 0 Å². The van der Waals surface area contributed by atoms with Gasteiger partial charge in [0.2, 0.25) is 0 Å². The topological polar surface area (TPSA) is 75.7 Å². The molecule has 27 heavy (non-hydrogen) atoms. The molecule has 1 fully saturated rings. The number of hydrogen-bond acceptors (Lipinski definition) is 4. The van der Waals surface area contributed by atoms with Crippen molar-refractivity contribution in [2.24, 2.45) is 0 Å². The molecule has 0 unspecified atom stereocenters. The largest absolute Gasteiger partial charge is 0.495 e. The molecule has 2 aromatic rings. The summed E-state index contributed by atoms with van der Waals surface area (Å²) in [6.45, 7) is 3.15. The molecule has 6 nitrogen and oxygen atoms in total. The Hall–Kier alpha value is -2.54. The van der Waals surface area contributed by atoms with E-state index in [1.807, 2.05) is 0 Å². The highest BCUT2D eigenvalue weighted by molar-refractivity contribution is 7.92. The Kier molecular flexibility index (Phi) is 5.70. The van der Waals surface area contributed by atoms with Gasteiger partial charge in [0.05, 0.1) is 17.7 Å². The van der Waals surface area contributed by atoms with E-state index in [-0.39, 0.29) is 10.8 Å². The van der Waals surface area contributed by atoms with Gasteiger partial charge in [-0.1, -0.05) is 18.2 Å². The number of amides is 1. The van der Waals surface area contributed by atoms with Crippen molar-refractivity contribution < 1.29 is 17.9 Å². The summed E-state index contributed by atoms with van der Waals surface area (Å²) in [6, 6.07) is 11.6. The van der Waals surface area contributed by atoms with E-state index in [4.69, 9.17) is 4.74 Å². The molecular weight excluding hydrogens is 364 g/mol. The molecule has 1 amide bonds. The van der Waals surface area contributed by atoms with Gasteiger partial charge in [-0.15, -0.1) is 0 Å². The van der Waals surface area contributed by atoms with Gasteiger partial charge in [0.1, 0.15) is 5.75 Å². The number of nitrogens with zero attached hydrogens (tertiary/aromatic N) is 1. The van der Waals surface area contributed by atoms with E-state index in [0.717, 1.165) is 19.3 Å². The highest BCUT2D eigenvalue weighted by Gasteiger charge is 2.23. The number of likely N-dealkylation sites (tertiary alicyclic amines) is 1. The number of hydrogen-bond donors (Lipinski definition) is 1. The minimum Gasteiger partial charge on any atom is -0.495 e. The van der Waals surface area contributed by atoms with Crippen molar-refractivity contribution in [3.05, 3.63) is 53.6 Å². The normalized spacial score (nSPS) is 14.7. The first kappa shape index (κ1) is 19.2. The molecule has 0 radical (unpaired) electrons. The standard InChI is InChI=1S/C20H24N2O4S/c1-15-10-11-16(20(23)22-12-6-3-7-13-22)14-19(15)27(24,25)21-17-8-4-5-9-18(17)26-2/h4-5,8-11,14,21H,3,6-7,12-13H2,1-2H3. The Balaban J connectivity index is 1.92. The third kappa shape index (κ3) is 4.24. The molecule has 0 saturated carbocycles. The number of sulfonamides is 1. The van der Waals surface area contributed by atoms with Crippen LogP contribution in [0.5, 0.6) is 5.75 Å². The summed E-state index contributed by atoms with van der Waals surface area (Å²) < 4.78 is 33.7. The van der Waals surface area contributed by atoms with E-state index < -0.39 is 10.0 Å². The van der Waals surface area contributed by atoms with Crippen LogP contribution in [0.15, 0.2) is 47.4 Å². The summed E-state index contributed by atoms with van der Waals surface area (Å²) in [5, 5.41) is 0. The molecule has 0 spiro atoms. The van der Waals surface area contributed by atoms with Crippen molar-refractivity contribution in [2.45, 2.75) is 31.1 Å². The third-order valence-corrected chi connectivity index (χ3v) is 6.23. The van der Waals surface area contributed by atoms with Gasteiger partial charge in [-0.3, -0.25) is 9.52 Å². The highest BCUT2D eigenvalue weighted by atomic mass is 32.2. The SMILES string of the molecule is COc1ccccc1NS(=O)(=O)c1cc(C(=O)N2CCCCC2)ccc1C. The van der Waals surface area contributed by atoms with Gasteiger partial charge >= 0.3 is 0 Å². The summed E-state index contributed by atoms with van der Waals surface area (Å²) in [4.78, 5) is 14.6. The van der Waals surface area contributed by atoms with E-state index in [1.165, 1.54) is 13.2 Å². The number of ether oxygens (including phenoxy) is 1. The van der Waals surface area contributed by atoms with Gasteiger partial charge in [-0.2, -0.15) is 0 Å². The Morgan fingerprint density at radius 2 is 1.78 bits per heavy atom. The van der Waals surface area contributed by atoms with E-state index in [2.05, 4.69) is 4.72 Å². The first-order chi connectivity index (χ1) is 12.9. The van der Waals surface area contributed by atoms with Crippen LogP contribution in [0.25, 0.3) is 0 Å². The molecule has 1 saturated heterocycles. The van der Waals surface area contributed by atoms with E-state index in [1.54, 1.807) is 48.2 Å². The molecule has 3 rings (SSSR count). The maximum absolute atomic E-state index is 13.0. The first-order valence-corrected chi connectivity index (χ1v) is 10.5. The lowest BCUT2D eigenvalue weighted by molar-refractivity contribution is 0.0724. The molecule has 1 aliphatic heterocycles. The summed E-state index contributed by atoms with van der Waals surface area (Å²) in [7, 11) is -2.38. The number of aryl methyl sites for hydroxylation is 1. The number of para-hydroxylation sites is 2. The zero-order valence-corrected chi connectivity index (χ0v) is 16.4. The Bertz CT molecular complexity index is 935. The van der Waals surface area contributed by atoms with Gasteiger partial charge in [-0.05, 0) is 56.0 Å². The second kappa shape index (κ2) is 8.00. The monoisotopic (exact) mass is 388 g/mol. The molecule has 1 N–H and O–H groups in total. The molecule has 144 valence electrons. The van der Waals surface area contributed by atoms with Crippen molar-refractivity contribution in [1.82, 2.24) is 4.90 Å².